The Hall–Kier alpha value is -3.18. The molecule has 2 fully saturated rings. The van der Waals surface area contributed by atoms with Crippen LogP contribution in [0.2, 0.25) is 0 Å². The van der Waals surface area contributed by atoms with Crippen molar-refractivity contribution in [1.82, 2.24) is 15.1 Å². The molecule has 40 heavy (non-hydrogen) atoms. The molecule has 0 aromatic carbocycles. The van der Waals surface area contributed by atoms with Gasteiger partial charge in [0.15, 0.2) is 12.7 Å². The molecule has 0 spiro atoms. The zero-order chi connectivity index (χ0) is 30.3. The van der Waals surface area contributed by atoms with Gasteiger partial charge in [-0.15, -0.1) is 0 Å². The van der Waals surface area contributed by atoms with Gasteiger partial charge in [0.2, 0.25) is 11.8 Å². The quantitative estimate of drug-likeness (QED) is 0.280. The molecule has 4 amide bonds. The van der Waals surface area contributed by atoms with Gasteiger partial charge in [-0.1, -0.05) is 20.8 Å². The Morgan fingerprint density at radius 1 is 0.825 bits per heavy atom. The summed E-state index contributed by atoms with van der Waals surface area (Å²) in [5, 5.41) is 2.72. The van der Waals surface area contributed by atoms with E-state index >= 15 is 0 Å². The first kappa shape index (κ1) is 33.0. The number of rotatable bonds is 11. The lowest BCUT2D eigenvalue weighted by atomic mass is 9.88. The summed E-state index contributed by atoms with van der Waals surface area (Å²) in [7, 11) is 0. The van der Waals surface area contributed by atoms with Gasteiger partial charge in [-0.25, -0.2) is 9.59 Å². The number of carbonyl (C=O) groups excluding carboxylic acids is 6. The maximum atomic E-state index is 12.9. The van der Waals surface area contributed by atoms with E-state index in [0.717, 1.165) is 0 Å². The minimum Gasteiger partial charge on any atom is -0.454 e. The van der Waals surface area contributed by atoms with Gasteiger partial charge in [0.1, 0.15) is 12.1 Å². The van der Waals surface area contributed by atoms with Crippen molar-refractivity contribution in [3.05, 3.63) is 0 Å². The van der Waals surface area contributed by atoms with Crippen LogP contribution in [0.1, 0.15) is 92.9 Å². The summed E-state index contributed by atoms with van der Waals surface area (Å²) in [5.74, 6) is -2.79. The van der Waals surface area contributed by atoms with Crippen LogP contribution in [0.5, 0.6) is 0 Å². The second kappa shape index (κ2) is 13.9. The summed E-state index contributed by atoms with van der Waals surface area (Å²) in [6.45, 7) is 11.2. The second-order valence-corrected chi connectivity index (χ2v) is 12.7. The van der Waals surface area contributed by atoms with Crippen molar-refractivity contribution in [2.45, 2.75) is 117 Å². The summed E-state index contributed by atoms with van der Waals surface area (Å²) in [4.78, 5) is 77.7. The molecular formula is C28H46N4O8. The number of nitrogens with one attached hydrogen (secondary N) is 1. The number of hydrogen-bond acceptors (Lipinski definition) is 8. The molecule has 2 heterocycles. The van der Waals surface area contributed by atoms with E-state index in [9.17, 15) is 28.8 Å². The molecule has 3 N–H and O–H groups in total. The normalized spacial score (nSPS) is 20.1. The molecule has 2 saturated heterocycles. The van der Waals surface area contributed by atoms with Crippen molar-refractivity contribution in [2.24, 2.45) is 11.1 Å². The molecule has 0 aliphatic carbocycles. The van der Waals surface area contributed by atoms with Gasteiger partial charge in [-0.3, -0.25) is 19.2 Å². The molecule has 2 aliphatic rings. The summed E-state index contributed by atoms with van der Waals surface area (Å²) >= 11 is 0. The molecule has 2 rings (SSSR count). The first-order valence-electron chi connectivity index (χ1n) is 14.1. The molecule has 12 heteroatoms. The average molecular weight is 567 g/mol. The van der Waals surface area contributed by atoms with Crippen molar-refractivity contribution in [3.63, 3.8) is 0 Å². The first-order chi connectivity index (χ1) is 18.5. The third kappa shape index (κ3) is 9.78. The monoisotopic (exact) mass is 566 g/mol. The van der Waals surface area contributed by atoms with E-state index in [4.69, 9.17) is 15.2 Å². The molecular weight excluding hydrogens is 520 g/mol. The van der Waals surface area contributed by atoms with E-state index in [0.29, 0.717) is 51.6 Å². The van der Waals surface area contributed by atoms with Crippen LogP contribution in [-0.2, 0) is 38.2 Å². The Kier molecular flexibility index (Phi) is 11.5. The standard InChI is InChI=1S/C28H46N4O8/c1-27(2,3)23(24(29)36)40-26(38)19-12-10-16-32(19)22(35)14-8-7-13-21(34)31-15-9-11-18(31)25(37)39-17-20(33)30-28(4,5)6/h18-19,23H,7-17H2,1-6H3,(H2,29,36)(H,30,33)/t18-,19-,23?/m1/s1. The van der Waals surface area contributed by atoms with Gasteiger partial charge in [0.25, 0.3) is 11.8 Å². The summed E-state index contributed by atoms with van der Waals surface area (Å²) < 4.78 is 10.6. The van der Waals surface area contributed by atoms with Gasteiger partial charge in [-0.05, 0) is 59.3 Å². The molecule has 2 aliphatic heterocycles. The van der Waals surface area contributed by atoms with Crippen LogP contribution >= 0.6 is 0 Å². The van der Waals surface area contributed by atoms with E-state index in [2.05, 4.69) is 5.32 Å². The van der Waals surface area contributed by atoms with Crippen LogP contribution in [0.4, 0.5) is 0 Å². The third-order valence-electron chi connectivity index (χ3n) is 6.86. The Morgan fingerprint density at radius 3 is 1.73 bits per heavy atom. The summed E-state index contributed by atoms with van der Waals surface area (Å²) in [6.07, 6.45) is 2.32. The van der Waals surface area contributed by atoms with E-state index < -0.39 is 59.5 Å². The number of ether oxygens (including phenoxy) is 2. The van der Waals surface area contributed by atoms with E-state index in [1.54, 1.807) is 20.8 Å². The van der Waals surface area contributed by atoms with Crippen molar-refractivity contribution < 1.29 is 38.2 Å². The Morgan fingerprint density at radius 2 is 1.30 bits per heavy atom. The van der Waals surface area contributed by atoms with Gasteiger partial charge in [-0.2, -0.15) is 0 Å². The molecule has 0 saturated carbocycles. The van der Waals surface area contributed by atoms with Gasteiger partial charge in [0, 0.05) is 36.9 Å². The molecule has 0 aromatic heterocycles. The Balaban J connectivity index is 1.80. The van der Waals surface area contributed by atoms with Crippen LogP contribution in [0.15, 0.2) is 0 Å². The number of carbonyl (C=O) groups is 6. The predicted molar refractivity (Wildman–Crippen MR) is 145 cm³/mol. The van der Waals surface area contributed by atoms with Crippen molar-refractivity contribution >= 4 is 35.6 Å². The number of nitrogens with two attached hydrogens (primary N) is 1. The van der Waals surface area contributed by atoms with E-state index in [1.807, 2.05) is 20.8 Å². The number of esters is 2. The lowest BCUT2D eigenvalue weighted by Gasteiger charge is -2.30. The zero-order valence-electron chi connectivity index (χ0n) is 24.7. The SMILES string of the molecule is CC(C)(C)NC(=O)COC(=O)[C@H]1CCCN1C(=O)CCCCC(=O)N1CCC[C@@H]1C(=O)OC(C(N)=O)C(C)(C)C. The fourth-order valence-electron chi connectivity index (χ4n) is 5.00. The van der Waals surface area contributed by atoms with Crippen LogP contribution in [-0.4, -0.2) is 88.8 Å². The highest BCUT2D eigenvalue weighted by molar-refractivity contribution is 5.89. The number of likely N-dealkylation sites (tertiary alicyclic amines) is 2. The lowest BCUT2D eigenvalue weighted by molar-refractivity contribution is -0.167. The molecule has 0 aromatic rings. The van der Waals surface area contributed by atoms with Gasteiger partial charge in [0.05, 0.1) is 0 Å². The fraction of sp³-hybridized carbons (Fsp3) is 0.786. The number of hydrogen-bond donors (Lipinski definition) is 2. The van der Waals surface area contributed by atoms with Crippen LogP contribution < -0.4 is 11.1 Å². The molecule has 1 unspecified atom stereocenters. The smallest absolute Gasteiger partial charge is 0.329 e. The van der Waals surface area contributed by atoms with Crippen molar-refractivity contribution in [2.75, 3.05) is 19.7 Å². The Labute approximate surface area is 236 Å². The topological polar surface area (TPSA) is 165 Å². The number of nitrogens with zero attached hydrogens (tertiary/aromatic N) is 2. The third-order valence-corrected chi connectivity index (χ3v) is 6.86. The zero-order valence-corrected chi connectivity index (χ0v) is 24.7. The minimum absolute atomic E-state index is 0.157. The predicted octanol–water partition coefficient (Wildman–Crippen LogP) is 1.43. The number of amides is 4. The first-order valence-corrected chi connectivity index (χ1v) is 14.1. The average Bonchev–Trinajstić information content (AvgIpc) is 3.51. The maximum absolute atomic E-state index is 12.9. The van der Waals surface area contributed by atoms with Crippen LogP contribution in [0.25, 0.3) is 0 Å². The number of unbranched alkanes of at least 4 members (excludes halogenated alkanes) is 1. The largest absolute Gasteiger partial charge is 0.454 e. The van der Waals surface area contributed by atoms with E-state index in [-0.39, 0.29) is 24.7 Å². The van der Waals surface area contributed by atoms with Crippen LogP contribution in [0.3, 0.4) is 0 Å². The maximum Gasteiger partial charge on any atom is 0.329 e. The molecule has 12 nitrogen and oxygen atoms in total. The minimum atomic E-state index is -1.10. The number of primary amides is 1. The highest BCUT2D eigenvalue weighted by Gasteiger charge is 2.40. The van der Waals surface area contributed by atoms with Gasteiger partial charge >= 0.3 is 11.9 Å². The fourth-order valence-corrected chi connectivity index (χ4v) is 5.00. The highest BCUT2D eigenvalue weighted by atomic mass is 16.6. The molecule has 0 bridgehead atoms. The Bertz CT molecular complexity index is 968. The lowest BCUT2D eigenvalue weighted by Crippen LogP contribution is -2.48. The van der Waals surface area contributed by atoms with E-state index in [1.165, 1.54) is 9.80 Å². The summed E-state index contributed by atoms with van der Waals surface area (Å²) in [5.41, 5.74) is 4.30. The second-order valence-electron chi connectivity index (χ2n) is 12.7. The highest BCUT2D eigenvalue weighted by Crippen LogP contribution is 2.26. The van der Waals surface area contributed by atoms with Crippen LogP contribution in [0, 0.1) is 5.41 Å². The molecule has 226 valence electrons. The molecule has 3 atom stereocenters. The van der Waals surface area contributed by atoms with Crippen molar-refractivity contribution in [3.8, 4) is 0 Å². The summed E-state index contributed by atoms with van der Waals surface area (Å²) in [6, 6.07) is -1.48. The molecule has 0 radical (unpaired) electrons. The van der Waals surface area contributed by atoms with Crippen molar-refractivity contribution in [1.29, 1.82) is 0 Å². The van der Waals surface area contributed by atoms with Gasteiger partial charge < -0.3 is 30.3 Å².